The number of halogens is 1. The predicted octanol–water partition coefficient (Wildman–Crippen LogP) is 4.42. The van der Waals surface area contributed by atoms with E-state index < -0.39 is 5.54 Å². The number of aromatic nitrogens is 2. The summed E-state index contributed by atoms with van der Waals surface area (Å²) in [6, 6.07) is 7.57. The Hall–Kier alpha value is -2.05. The molecule has 1 unspecified atom stereocenters. The lowest BCUT2D eigenvalue weighted by Gasteiger charge is -2.21. The van der Waals surface area contributed by atoms with Gasteiger partial charge in [-0.3, -0.25) is 4.79 Å². The van der Waals surface area contributed by atoms with Crippen LogP contribution in [0.3, 0.4) is 0 Å². The first-order valence-corrected chi connectivity index (χ1v) is 9.74. The number of hydrogen-bond donors (Lipinski definition) is 0. The van der Waals surface area contributed by atoms with Gasteiger partial charge in [0.25, 0.3) is 5.56 Å². The van der Waals surface area contributed by atoms with Crippen molar-refractivity contribution in [3.63, 3.8) is 0 Å². The Balaban J connectivity index is 1.97. The highest BCUT2D eigenvalue weighted by Gasteiger charge is 2.20. The van der Waals surface area contributed by atoms with Gasteiger partial charge in [-0.15, -0.1) is 0 Å². The molecule has 0 saturated heterocycles. The normalized spacial score (nSPS) is 12.9. The number of benzene rings is 1. The average Bonchev–Trinajstić information content (AvgIpc) is 2.61. The van der Waals surface area contributed by atoms with Crippen molar-refractivity contribution in [3.8, 4) is 11.5 Å². The second kappa shape index (κ2) is 9.43. The molecule has 0 bridgehead atoms. The molecule has 1 aromatic carbocycles. The molecule has 0 radical (unpaired) electrons. The quantitative estimate of drug-likeness (QED) is 0.646. The Morgan fingerprint density at radius 1 is 1.14 bits per heavy atom. The van der Waals surface area contributed by atoms with Crippen LogP contribution in [0, 0.1) is 0 Å². The maximum Gasteiger partial charge on any atom is 0.289 e. The molecular formula is C21H29ClN2O4. The minimum atomic E-state index is -0.452. The molecule has 1 atom stereocenters. The fourth-order valence-corrected chi connectivity index (χ4v) is 2.60. The van der Waals surface area contributed by atoms with Crippen molar-refractivity contribution in [2.45, 2.75) is 65.9 Å². The summed E-state index contributed by atoms with van der Waals surface area (Å²) < 4.78 is 18.4. The van der Waals surface area contributed by atoms with Crippen LogP contribution < -0.4 is 15.0 Å². The molecular weight excluding hydrogens is 380 g/mol. The van der Waals surface area contributed by atoms with Gasteiger partial charge in [0.15, 0.2) is 10.8 Å². The van der Waals surface area contributed by atoms with Crippen molar-refractivity contribution in [1.82, 2.24) is 9.78 Å². The highest BCUT2D eigenvalue weighted by atomic mass is 35.5. The average molecular weight is 409 g/mol. The van der Waals surface area contributed by atoms with Gasteiger partial charge in [-0.05, 0) is 59.2 Å². The molecule has 154 valence electrons. The smallest absolute Gasteiger partial charge is 0.289 e. The Kier molecular flexibility index (Phi) is 7.49. The van der Waals surface area contributed by atoms with Crippen LogP contribution in [0.25, 0.3) is 0 Å². The summed E-state index contributed by atoms with van der Waals surface area (Å²) in [5.41, 5.74) is 0.106. The monoisotopic (exact) mass is 408 g/mol. The van der Waals surface area contributed by atoms with Crippen LogP contribution in [0.2, 0.25) is 5.02 Å². The highest BCUT2D eigenvalue weighted by Crippen LogP contribution is 2.22. The summed E-state index contributed by atoms with van der Waals surface area (Å²) >= 11 is 6.17. The van der Waals surface area contributed by atoms with E-state index in [9.17, 15) is 4.79 Å². The zero-order valence-electron chi connectivity index (χ0n) is 17.4. The largest absolute Gasteiger partial charge is 0.488 e. The first-order chi connectivity index (χ1) is 13.1. The Labute approximate surface area is 171 Å². The molecule has 0 spiro atoms. The van der Waals surface area contributed by atoms with Crippen LogP contribution in [-0.2, 0) is 16.9 Å². The Bertz CT molecular complexity index is 826. The summed E-state index contributed by atoms with van der Waals surface area (Å²) in [4.78, 5) is 12.4. The number of ether oxygens (including phenoxy) is 3. The van der Waals surface area contributed by atoms with Crippen LogP contribution in [0.15, 0.2) is 35.3 Å². The van der Waals surface area contributed by atoms with E-state index in [0.29, 0.717) is 6.61 Å². The molecule has 0 aliphatic rings. The standard InChI is InChI=1S/C21H29ClN2O4/c1-14(2)26-12-15(3)28-17-9-7-16(8-10-17)13-27-18-11-23-24(21(4,5)6)20(25)19(18)22/h7-11,14-15H,12-13H2,1-6H3. The van der Waals surface area contributed by atoms with Gasteiger partial charge < -0.3 is 14.2 Å². The van der Waals surface area contributed by atoms with Gasteiger partial charge in [-0.1, -0.05) is 23.7 Å². The third-order valence-corrected chi connectivity index (χ3v) is 4.19. The molecule has 0 N–H and O–H groups in total. The Morgan fingerprint density at radius 3 is 2.36 bits per heavy atom. The van der Waals surface area contributed by atoms with Crippen LogP contribution in [0.4, 0.5) is 0 Å². The molecule has 0 aliphatic heterocycles. The van der Waals surface area contributed by atoms with Gasteiger partial charge in [0.1, 0.15) is 18.5 Å². The SMILES string of the molecule is CC(C)OCC(C)Oc1ccc(COc2cnn(C(C)(C)C)c(=O)c2Cl)cc1. The van der Waals surface area contributed by atoms with Gasteiger partial charge >= 0.3 is 0 Å². The summed E-state index contributed by atoms with van der Waals surface area (Å²) in [6.45, 7) is 12.4. The zero-order valence-corrected chi connectivity index (χ0v) is 18.1. The number of nitrogens with zero attached hydrogens (tertiary/aromatic N) is 2. The van der Waals surface area contributed by atoms with Gasteiger partial charge in [-0.25, -0.2) is 4.68 Å². The summed E-state index contributed by atoms with van der Waals surface area (Å²) in [6.07, 6.45) is 1.61. The second-order valence-corrected chi connectivity index (χ2v) is 8.33. The second-order valence-electron chi connectivity index (χ2n) is 7.95. The predicted molar refractivity (Wildman–Crippen MR) is 110 cm³/mol. The van der Waals surface area contributed by atoms with Crippen LogP contribution in [0.1, 0.15) is 47.1 Å². The molecule has 2 aromatic rings. The lowest BCUT2D eigenvalue weighted by atomic mass is 10.1. The van der Waals surface area contributed by atoms with E-state index in [4.69, 9.17) is 25.8 Å². The van der Waals surface area contributed by atoms with E-state index in [1.165, 1.54) is 10.9 Å². The summed E-state index contributed by atoms with van der Waals surface area (Å²) in [5, 5.41) is 4.19. The van der Waals surface area contributed by atoms with Crippen LogP contribution >= 0.6 is 11.6 Å². The van der Waals surface area contributed by atoms with E-state index >= 15 is 0 Å². The molecule has 0 amide bonds. The summed E-state index contributed by atoms with van der Waals surface area (Å²) in [7, 11) is 0. The molecule has 0 aliphatic carbocycles. The minimum absolute atomic E-state index is 0.0313. The van der Waals surface area contributed by atoms with Crippen LogP contribution in [0.5, 0.6) is 11.5 Å². The topological polar surface area (TPSA) is 62.6 Å². The Morgan fingerprint density at radius 2 is 1.79 bits per heavy atom. The molecule has 28 heavy (non-hydrogen) atoms. The van der Waals surface area contributed by atoms with Crippen molar-refractivity contribution in [2.75, 3.05) is 6.61 Å². The maximum absolute atomic E-state index is 12.4. The van der Waals surface area contributed by atoms with Gasteiger partial charge in [0.05, 0.1) is 24.4 Å². The van der Waals surface area contributed by atoms with Crippen molar-refractivity contribution in [2.24, 2.45) is 0 Å². The maximum atomic E-state index is 12.4. The molecule has 2 rings (SSSR count). The zero-order chi connectivity index (χ0) is 20.9. The van der Waals surface area contributed by atoms with E-state index in [-0.39, 0.29) is 35.1 Å². The van der Waals surface area contributed by atoms with Crippen molar-refractivity contribution in [3.05, 3.63) is 51.4 Å². The fourth-order valence-electron chi connectivity index (χ4n) is 2.42. The number of hydrogen-bond acceptors (Lipinski definition) is 5. The van der Waals surface area contributed by atoms with E-state index in [2.05, 4.69) is 5.10 Å². The van der Waals surface area contributed by atoms with E-state index in [0.717, 1.165) is 11.3 Å². The lowest BCUT2D eigenvalue weighted by Crippen LogP contribution is -2.36. The molecule has 1 aromatic heterocycles. The highest BCUT2D eigenvalue weighted by molar-refractivity contribution is 6.31. The number of rotatable bonds is 8. The minimum Gasteiger partial charge on any atom is -0.488 e. The lowest BCUT2D eigenvalue weighted by molar-refractivity contribution is 0.0230. The van der Waals surface area contributed by atoms with Crippen molar-refractivity contribution < 1.29 is 14.2 Å². The summed E-state index contributed by atoms with van der Waals surface area (Å²) in [5.74, 6) is 1.03. The van der Waals surface area contributed by atoms with E-state index in [1.807, 2.05) is 65.8 Å². The first kappa shape index (κ1) is 22.2. The molecule has 0 fully saturated rings. The molecule has 7 heteroatoms. The van der Waals surface area contributed by atoms with E-state index in [1.54, 1.807) is 0 Å². The van der Waals surface area contributed by atoms with Gasteiger partial charge in [0.2, 0.25) is 0 Å². The van der Waals surface area contributed by atoms with Crippen molar-refractivity contribution in [1.29, 1.82) is 0 Å². The van der Waals surface area contributed by atoms with Crippen molar-refractivity contribution >= 4 is 11.6 Å². The third-order valence-electron chi connectivity index (χ3n) is 3.84. The van der Waals surface area contributed by atoms with Crippen LogP contribution in [-0.4, -0.2) is 28.6 Å². The van der Waals surface area contributed by atoms with Gasteiger partial charge in [0, 0.05) is 0 Å². The first-order valence-electron chi connectivity index (χ1n) is 9.36. The fraction of sp³-hybridized carbons (Fsp3) is 0.524. The third kappa shape index (κ3) is 6.24. The molecule has 0 saturated carbocycles. The molecule has 1 heterocycles. The van der Waals surface area contributed by atoms with Gasteiger partial charge in [-0.2, -0.15) is 5.10 Å². The molecule has 6 nitrogen and oxygen atoms in total.